The van der Waals surface area contributed by atoms with Crippen LogP contribution in [0.3, 0.4) is 0 Å². The summed E-state index contributed by atoms with van der Waals surface area (Å²) in [6.07, 6.45) is 1.94. The fourth-order valence-electron chi connectivity index (χ4n) is 3.23. The SMILES string of the molecule is CCn1c(Cc2ccnn2-c2cc(F)ccc2F)nc2cc(C#N)ccc21. The fourth-order valence-corrected chi connectivity index (χ4v) is 3.23. The topological polar surface area (TPSA) is 59.4 Å². The monoisotopic (exact) mass is 363 g/mol. The number of nitrogens with zero attached hydrogens (tertiary/aromatic N) is 5. The number of benzene rings is 2. The van der Waals surface area contributed by atoms with E-state index in [1.807, 2.05) is 17.6 Å². The Morgan fingerprint density at radius 2 is 1.96 bits per heavy atom. The Balaban J connectivity index is 1.79. The predicted molar refractivity (Wildman–Crippen MR) is 96.4 cm³/mol. The van der Waals surface area contributed by atoms with E-state index in [9.17, 15) is 8.78 Å². The summed E-state index contributed by atoms with van der Waals surface area (Å²) in [7, 11) is 0. The zero-order valence-corrected chi connectivity index (χ0v) is 14.5. The van der Waals surface area contributed by atoms with Crippen molar-refractivity contribution in [2.75, 3.05) is 0 Å². The van der Waals surface area contributed by atoms with Crippen molar-refractivity contribution < 1.29 is 8.78 Å². The lowest BCUT2D eigenvalue weighted by Gasteiger charge is -2.10. The summed E-state index contributed by atoms with van der Waals surface area (Å²) in [6.45, 7) is 2.70. The maximum Gasteiger partial charge on any atom is 0.149 e. The van der Waals surface area contributed by atoms with Crippen LogP contribution in [0.25, 0.3) is 16.7 Å². The van der Waals surface area contributed by atoms with Crippen LogP contribution < -0.4 is 0 Å². The van der Waals surface area contributed by atoms with E-state index < -0.39 is 11.6 Å². The molecule has 0 saturated heterocycles. The van der Waals surface area contributed by atoms with E-state index in [1.165, 1.54) is 4.68 Å². The van der Waals surface area contributed by atoms with Gasteiger partial charge in [0, 0.05) is 25.2 Å². The van der Waals surface area contributed by atoms with Crippen LogP contribution in [0.1, 0.15) is 24.0 Å². The second kappa shape index (κ2) is 6.65. The van der Waals surface area contributed by atoms with Crippen LogP contribution in [-0.2, 0) is 13.0 Å². The van der Waals surface area contributed by atoms with Crippen LogP contribution in [0.15, 0.2) is 48.7 Å². The zero-order chi connectivity index (χ0) is 19.0. The molecule has 0 bridgehead atoms. The molecule has 0 atom stereocenters. The van der Waals surface area contributed by atoms with Crippen molar-refractivity contribution in [2.24, 2.45) is 0 Å². The molecule has 4 rings (SSSR count). The van der Waals surface area contributed by atoms with E-state index in [1.54, 1.807) is 24.4 Å². The molecule has 0 radical (unpaired) electrons. The molecule has 7 heteroatoms. The number of hydrogen-bond donors (Lipinski definition) is 0. The largest absolute Gasteiger partial charge is 0.328 e. The van der Waals surface area contributed by atoms with E-state index in [2.05, 4.69) is 16.2 Å². The molecular weight excluding hydrogens is 348 g/mol. The van der Waals surface area contributed by atoms with Gasteiger partial charge in [0.05, 0.1) is 28.4 Å². The molecule has 0 aliphatic carbocycles. The van der Waals surface area contributed by atoms with E-state index in [0.29, 0.717) is 24.2 Å². The average molecular weight is 363 g/mol. The van der Waals surface area contributed by atoms with Crippen LogP contribution in [0.5, 0.6) is 0 Å². The van der Waals surface area contributed by atoms with Gasteiger partial charge in [-0.1, -0.05) is 0 Å². The molecule has 2 heterocycles. The molecule has 0 spiro atoms. The van der Waals surface area contributed by atoms with E-state index in [4.69, 9.17) is 5.26 Å². The summed E-state index contributed by atoms with van der Waals surface area (Å²) in [4.78, 5) is 4.64. The Morgan fingerprint density at radius 1 is 1.11 bits per heavy atom. The average Bonchev–Trinajstić information content (AvgIpc) is 3.27. The number of nitriles is 1. The number of rotatable bonds is 4. The summed E-state index contributed by atoms with van der Waals surface area (Å²) in [5, 5.41) is 13.2. The summed E-state index contributed by atoms with van der Waals surface area (Å²) >= 11 is 0. The van der Waals surface area contributed by atoms with Gasteiger partial charge in [-0.25, -0.2) is 18.4 Å². The summed E-state index contributed by atoms with van der Waals surface area (Å²) in [6, 6.07) is 12.5. The van der Waals surface area contributed by atoms with Crippen molar-refractivity contribution in [1.29, 1.82) is 5.26 Å². The first kappa shape index (κ1) is 16.9. The molecule has 0 fully saturated rings. The van der Waals surface area contributed by atoms with Gasteiger partial charge in [-0.05, 0) is 43.3 Å². The molecule has 5 nitrogen and oxygen atoms in total. The molecule has 2 aromatic carbocycles. The molecule has 2 aromatic heterocycles. The minimum absolute atomic E-state index is 0.0564. The molecule has 0 saturated carbocycles. The number of fused-ring (bicyclic) bond motifs is 1. The number of aryl methyl sites for hydroxylation is 1. The van der Waals surface area contributed by atoms with Crippen molar-refractivity contribution in [1.82, 2.24) is 19.3 Å². The molecule has 0 aliphatic rings. The van der Waals surface area contributed by atoms with Crippen molar-refractivity contribution >= 4 is 11.0 Å². The minimum atomic E-state index is -0.552. The maximum absolute atomic E-state index is 14.2. The molecular formula is C20H15F2N5. The number of imidazole rings is 1. The maximum atomic E-state index is 14.2. The first-order valence-electron chi connectivity index (χ1n) is 8.48. The normalized spacial score (nSPS) is 11.0. The Morgan fingerprint density at radius 3 is 2.74 bits per heavy atom. The molecule has 0 N–H and O–H groups in total. The number of halogens is 2. The van der Waals surface area contributed by atoms with Gasteiger partial charge in [0.15, 0.2) is 0 Å². The van der Waals surface area contributed by atoms with Gasteiger partial charge >= 0.3 is 0 Å². The van der Waals surface area contributed by atoms with Gasteiger partial charge in [0.25, 0.3) is 0 Å². The number of hydrogen-bond acceptors (Lipinski definition) is 3. The third kappa shape index (κ3) is 2.95. The second-order valence-corrected chi connectivity index (χ2v) is 6.09. The molecule has 134 valence electrons. The molecule has 27 heavy (non-hydrogen) atoms. The Bertz CT molecular complexity index is 1180. The van der Waals surface area contributed by atoms with Gasteiger partial charge < -0.3 is 4.57 Å². The predicted octanol–water partition coefficient (Wildman–Crippen LogP) is 3.98. The standard InChI is InChI=1S/C20H15F2N5/c1-2-26-18-6-3-13(12-23)9-17(18)25-20(26)11-15-7-8-24-27(15)19-10-14(21)4-5-16(19)22/h3-10H,2,11H2,1H3. The van der Waals surface area contributed by atoms with Gasteiger partial charge in [0.1, 0.15) is 23.1 Å². The van der Waals surface area contributed by atoms with Crippen LogP contribution in [-0.4, -0.2) is 19.3 Å². The lowest BCUT2D eigenvalue weighted by atomic mass is 10.2. The molecule has 0 unspecified atom stereocenters. The first-order chi connectivity index (χ1) is 13.1. The van der Waals surface area contributed by atoms with Crippen LogP contribution in [0, 0.1) is 23.0 Å². The highest BCUT2D eigenvalue weighted by Gasteiger charge is 2.16. The summed E-state index contributed by atoms with van der Waals surface area (Å²) in [5.74, 6) is -0.317. The van der Waals surface area contributed by atoms with Gasteiger partial charge in [-0.15, -0.1) is 0 Å². The number of aromatic nitrogens is 4. The summed E-state index contributed by atoms with van der Waals surface area (Å²) < 4.78 is 31.2. The van der Waals surface area contributed by atoms with E-state index in [-0.39, 0.29) is 5.69 Å². The Hall–Kier alpha value is -3.53. The quantitative estimate of drug-likeness (QED) is 0.551. The summed E-state index contributed by atoms with van der Waals surface area (Å²) in [5.41, 5.74) is 2.94. The lowest BCUT2D eigenvalue weighted by molar-refractivity contribution is 0.583. The fraction of sp³-hybridized carbons (Fsp3) is 0.150. The highest BCUT2D eigenvalue weighted by atomic mass is 19.1. The highest BCUT2D eigenvalue weighted by molar-refractivity contribution is 5.77. The van der Waals surface area contributed by atoms with Crippen molar-refractivity contribution in [2.45, 2.75) is 19.9 Å². The second-order valence-electron chi connectivity index (χ2n) is 6.09. The zero-order valence-electron chi connectivity index (χ0n) is 14.5. The van der Waals surface area contributed by atoms with Gasteiger partial charge in [-0.2, -0.15) is 10.4 Å². The molecule has 4 aromatic rings. The smallest absolute Gasteiger partial charge is 0.149 e. The highest BCUT2D eigenvalue weighted by Crippen LogP contribution is 2.22. The third-order valence-corrected chi connectivity index (χ3v) is 4.47. The minimum Gasteiger partial charge on any atom is -0.328 e. The van der Waals surface area contributed by atoms with Crippen LogP contribution in [0.2, 0.25) is 0 Å². The first-order valence-corrected chi connectivity index (χ1v) is 8.48. The van der Waals surface area contributed by atoms with Crippen molar-refractivity contribution in [3.63, 3.8) is 0 Å². The van der Waals surface area contributed by atoms with E-state index in [0.717, 1.165) is 35.1 Å². The van der Waals surface area contributed by atoms with Crippen molar-refractivity contribution in [3.05, 3.63) is 77.4 Å². The lowest BCUT2D eigenvalue weighted by Crippen LogP contribution is -2.09. The third-order valence-electron chi connectivity index (χ3n) is 4.47. The Kier molecular flexibility index (Phi) is 4.16. The molecule has 0 aliphatic heterocycles. The van der Waals surface area contributed by atoms with Crippen molar-refractivity contribution in [3.8, 4) is 11.8 Å². The van der Waals surface area contributed by atoms with Gasteiger partial charge in [-0.3, -0.25) is 0 Å². The van der Waals surface area contributed by atoms with Crippen LogP contribution >= 0.6 is 0 Å². The Labute approximate surface area is 154 Å². The van der Waals surface area contributed by atoms with E-state index >= 15 is 0 Å². The van der Waals surface area contributed by atoms with Crippen LogP contribution in [0.4, 0.5) is 8.78 Å². The molecule has 0 amide bonds. The van der Waals surface area contributed by atoms with Gasteiger partial charge in [0.2, 0.25) is 0 Å².